The van der Waals surface area contributed by atoms with Crippen LogP contribution < -0.4 is 21.0 Å². The number of carbonyl (C=O) groups excluding carboxylic acids is 4. The average molecular weight is 520 g/mol. The minimum absolute atomic E-state index is 0.0419. The van der Waals surface area contributed by atoms with Crippen LogP contribution in [0.5, 0.6) is 5.75 Å². The van der Waals surface area contributed by atoms with E-state index in [0.717, 1.165) is 11.3 Å². The molecule has 15 nitrogen and oxygen atoms in total. The second kappa shape index (κ2) is 10.1. The smallest absolute Gasteiger partial charge is 0.534 e. The molecule has 1 saturated heterocycles. The van der Waals surface area contributed by atoms with E-state index in [1.165, 1.54) is 11.4 Å². The number of benzene rings is 1. The third-order valence-electron chi connectivity index (χ3n) is 5.56. The van der Waals surface area contributed by atoms with Crippen LogP contribution in [0.2, 0.25) is 0 Å². The highest BCUT2D eigenvalue weighted by molar-refractivity contribution is 7.13. The molecule has 0 aliphatic carbocycles. The van der Waals surface area contributed by atoms with Crippen molar-refractivity contribution in [1.82, 2.24) is 25.6 Å². The molecule has 2 aromatic rings. The summed E-state index contributed by atoms with van der Waals surface area (Å²) >= 11 is 0.995. The van der Waals surface area contributed by atoms with Gasteiger partial charge in [0.25, 0.3) is 0 Å². The second-order valence-corrected chi connectivity index (χ2v) is 8.80. The molecule has 5 amide bonds. The molecule has 2 aliphatic rings. The molecule has 190 valence electrons. The van der Waals surface area contributed by atoms with E-state index in [4.69, 9.17) is 10.4 Å². The Kier molecular flexibility index (Phi) is 7.09. The molecule has 0 spiro atoms. The molecule has 1 fully saturated rings. The number of nitrogens with two attached hydrogens (primary N) is 1. The van der Waals surface area contributed by atoms with Gasteiger partial charge in [0.2, 0.25) is 5.91 Å². The Bertz CT molecular complexity index is 1210. The average Bonchev–Trinajstić information content (AvgIpc) is 3.26. The number of urea groups is 1. The number of amides is 5. The third kappa shape index (κ3) is 4.95. The number of anilines is 1. The van der Waals surface area contributed by atoms with E-state index < -0.39 is 49.1 Å². The molecule has 17 heteroatoms. The molecular weight excluding hydrogens is 499 g/mol. The molecular formula is C19H21BN6O9S. The number of thiazole rings is 1. The van der Waals surface area contributed by atoms with E-state index in [2.05, 4.69) is 15.6 Å². The van der Waals surface area contributed by atoms with Gasteiger partial charge in [0, 0.05) is 10.9 Å². The van der Waals surface area contributed by atoms with Crippen molar-refractivity contribution in [3.63, 3.8) is 0 Å². The Morgan fingerprint density at radius 3 is 2.67 bits per heavy atom. The number of aliphatic hydroxyl groups excluding tert-OH is 1. The number of nitrogen functional groups attached to an aromatic ring is 1. The summed E-state index contributed by atoms with van der Waals surface area (Å²) in [5.74, 6) is -4.35. The largest absolute Gasteiger partial charge is 0.547 e. The number of fused-ring (bicyclic) bond motifs is 1. The number of para-hydroxylation sites is 1. The van der Waals surface area contributed by atoms with E-state index >= 15 is 0 Å². The Hall–Kier alpha value is -3.77. The number of piperazine rings is 1. The van der Waals surface area contributed by atoms with Crippen LogP contribution in [0.15, 0.2) is 23.6 Å². The first kappa shape index (κ1) is 25.3. The van der Waals surface area contributed by atoms with Crippen LogP contribution in [-0.2, 0) is 20.8 Å². The molecule has 0 saturated carbocycles. The molecule has 2 aliphatic heterocycles. The summed E-state index contributed by atoms with van der Waals surface area (Å²) in [4.78, 5) is 54.4. The number of aromatic nitrogens is 1. The fraction of sp³-hybridized carbons (Fsp3) is 0.316. The van der Waals surface area contributed by atoms with Gasteiger partial charge in [-0.1, -0.05) is 18.2 Å². The zero-order valence-electron chi connectivity index (χ0n) is 18.4. The molecule has 4 rings (SSSR count). The van der Waals surface area contributed by atoms with E-state index in [0.29, 0.717) is 10.5 Å². The van der Waals surface area contributed by atoms with Gasteiger partial charge in [-0.25, -0.2) is 14.8 Å². The highest BCUT2D eigenvalue weighted by atomic mass is 32.1. The van der Waals surface area contributed by atoms with Crippen LogP contribution in [0.1, 0.15) is 29.2 Å². The van der Waals surface area contributed by atoms with Gasteiger partial charge in [0.05, 0.1) is 24.7 Å². The van der Waals surface area contributed by atoms with Crippen molar-refractivity contribution in [1.29, 1.82) is 0 Å². The number of nitrogens with one attached hydrogen (secondary N) is 2. The summed E-state index contributed by atoms with van der Waals surface area (Å²) in [7, 11) is -1.57. The summed E-state index contributed by atoms with van der Waals surface area (Å²) < 4.78 is 5.42. The van der Waals surface area contributed by atoms with Crippen molar-refractivity contribution in [2.45, 2.75) is 24.7 Å². The van der Waals surface area contributed by atoms with Crippen LogP contribution in [0.25, 0.3) is 0 Å². The monoisotopic (exact) mass is 520 g/mol. The minimum Gasteiger partial charge on any atom is -0.534 e. The molecule has 0 radical (unpaired) electrons. The molecule has 0 bridgehead atoms. The Labute approximate surface area is 207 Å². The fourth-order valence-corrected chi connectivity index (χ4v) is 4.36. The maximum atomic E-state index is 13.2. The minimum atomic E-state index is -1.84. The normalized spacial score (nSPS) is 18.6. The first-order valence-corrected chi connectivity index (χ1v) is 11.4. The predicted octanol–water partition coefficient (Wildman–Crippen LogP) is -2.34. The molecule has 36 heavy (non-hydrogen) atoms. The molecule has 1 unspecified atom stereocenters. The lowest BCUT2D eigenvalue weighted by atomic mass is 9.72. The number of hydroxylamine groups is 2. The second-order valence-electron chi connectivity index (χ2n) is 7.91. The Morgan fingerprint density at radius 2 is 2.00 bits per heavy atom. The van der Waals surface area contributed by atoms with Crippen molar-refractivity contribution in [3.8, 4) is 5.75 Å². The number of hydrogen-bond acceptors (Lipinski definition) is 12. The standard InChI is InChI=1S/C19H21BN6O9S/c21-18-22-10(7-36-18)12(24-19(32)25-4-5-26(34)16(29)15(25)28)14(27)23-11-6-8-2-1-3-9(17(30)31)13(8)35-20(11)33/h1-3,7,11-12,17,30-31,33-34H,4-6H2,(H2,21,22)(H,23,27)(H,24,32)/t11-,12?/m0/s1. The molecule has 2 atom stereocenters. The van der Waals surface area contributed by atoms with Crippen molar-refractivity contribution in [2.75, 3.05) is 18.8 Å². The number of nitrogens with zero attached hydrogens (tertiary/aromatic N) is 3. The summed E-state index contributed by atoms with van der Waals surface area (Å²) in [6.07, 6.45) is -1.79. The molecule has 1 aromatic heterocycles. The summed E-state index contributed by atoms with van der Waals surface area (Å²) in [6.45, 7) is -0.625. The number of carbonyl (C=O) groups is 4. The number of rotatable bonds is 5. The lowest BCUT2D eigenvalue weighted by Gasteiger charge is -2.32. The Morgan fingerprint density at radius 1 is 1.25 bits per heavy atom. The summed E-state index contributed by atoms with van der Waals surface area (Å²) in [5.41, 5.74) is 6.24. The van der Waals surface area contributed by atoms with Crippen molar-refractivity contribution in [3.05, 3.63) is 40.4 Å². The quantitative estimate of drug-likeness (QED) is 0.0956. The predicted molar refractivity (Wildman–Crippen MR) is 121 cm³/mol. The molecule has 8 N–H and O–H groups in total. The third-order valence-corrected chi connectivity index (χ3v) is 6.26. The SMILES string of the molecule is Nc1nc(C(NC(=O)N2CCN(O)C(=O)C2=O)C(=O)N[C@H]2Cc3cccc(C(O)O)c3OB2O)cs1. The molecule has 1 aromatic carbocycles. The fourth-order valence-electron chi connectivity index (χ4n) is 3.77. The van der Waals surface area contributed by atoms with Crippen LogP contribution in [0.3, 0.4) is 0 Å². The van der Waals surface area contributed by atoms with E-state index in [1.807, 2.05) is 0 Å². The van der Waals surface area contributed by atoms with Crippen LogP contribution in [0, 0.1) is 0 Å². The zero-order valence-corrected chi connectivity index (χ0v) is 19.2. The first-order chi connectivity index (χ1) is 17.1. The van der Waals surface area contributed by atoms with Crippen LogP contribution in [0.4, 0.5) is 9.93 Å². The van der Waals surface area contributed by atoms with E-state index in [1.54, 1.807) is 12.1 Å². The number of aliphatic hydroxyl groups is 2. The highest BCUT2D eigenvalue weighted by Gasteiger charge is 2.41. The van der Waals surface area contributed by atoms with Gasteiger partial charge in [0.1, 0.15) is 5.75 Å². The van der Waals surface area contributed by atoms with Gasteiger partial charge in [0.15, 0.2) is 17.5 Å². The van der Waals surface area contributed by atoms with E-state index in [-0.39, 0.29) is 46.7 Å². The molecule has 3 heterocycles. The van der Waals surface area contributed by atoms with Gasteiger partial charge < -0.3 is 36.3 Å². The van der Waals surface area contributed by atoms with Gasteiger partial charge in [-0.2, -0.15) is 0 Å². The van der Waals surface area contributed by atoms with E-state index in [9.17, 15) is 39.6 Å². The first-order valence-electron chi connectivity index (χ1n) is 10.5. The maximum absolute atomic E-state index is 13.2. The zero-order chi connectivity index (χ0) is 26.1. The van der Waals surface area contributed by atoms with Gasteiger partial charge in [-0.05, 0) is 12.0 Å². The van der Waals surface area contributed by atoms with Crippen molar-refractivity contribution < 1.29 is 44.3 Å². The maximum Gasteiger partial charge on any atom is 0.547 e. The van der Waals surface area contributed by atoms with Crippen molar-refractivity contribution >= 4 is 47.3 Å². The van der Waals surface area contributed by atoms with Crippen molar-refractivity contribution in [2.24, 2.45) is 0 Å². The number of imide groups is 1. The Balaban J connectivity index is 1.53. The number of hydrogen-bond donors (Lipinski definition) is 7. The summed E-state index contributed by atoms with van der Waals surface area (Å²) in [6, 6.07) is 2.03. The van der Waals surface area contributed by atoms with Gasteiger partial charge in [-0.3, -0.25) is 24.5 Å². The highest BCUT2D eigenvalue weighted by Crippen LogP contribution is 2.33. The van der Waals surface area contributed by atoms with Crippen LogP contribution >= 0.6 is 11.3 Å². The van der Waals surface area contributed by atoms with Crippen LogP contribution in [-0.4, -0.2) is 85.3 Å². The van der Waals surface area contributed by atoms with Gasteiger partial charge in [-0.15, -0.1) is 11.3 Å². The lowest BCUT2D eigenvalue weighted by molar-refractivity contribution is -0.180. The lowest BCUT2D eigenvalue weighted by Crippen LogP contribution is -2.59. The summed E-state index contributed by atoms with van der Waals surface area (Å²) in [5, 5.41) is 45.5. The topological polar surface area (TPSA) is 228 Å². The van der Waals surface area contributed by atoms with Gasteiger partial charge >= 0.3 is 25.0 Å².